The van der Waals surface area contributed by atoms with Crippen molar-refractivity contribution in [2.45, 2.75) is 22.4 Å². The van der Waals surface area contributed by atoms with Crippen LogP contribution in [0, 0.1) is 0 Å². The third-order valence-electron chi connectivity index (χ3n) is 4.89. The Balaban J connectivity index is 2.47. The number of para-hydroxylation sites is 1. The second kappa shape index (κ2) is 9.53. The molecule has 0 unspecified atom stereocenters. The summed E-state index contributed by atoms with van der Waals surface area (Å²) in [6, 6.07) is 7.40. The molecule has 0 fully saturated rings. The Kier molecular flexibility index (Phi) is 7.10. The Bertz CT molecular complexity index is 1500. The molecule has 2 aromatic carbocycles. The van der Waals surface area contributed by atoms with Crippen molar-refractivity contribution in [3.05, 3.63) is 41.7 Å². The van der Waals surface area contributed by atoms with Crippen molar-refractivity contribution < 1.29 is 27.4 Å². The van der Waals surface area contributed by atoms with E-state index in [1.54, 1.807) is 18.2 Å². The number of sulfonamides is 1. The molecular weight excluding hydrogens is 486 g/mol. The van der Waals surface area contributed by atoms with Crippen LogP contribution in [0.4, 0.5) is 0 Å². The van der Waals surface area contributed by atoms with Crippen molar-refractivity contribution in [3.63, 3.8) is 0 Å². The van der Waals surface area contributed by atoms with Gasteiger partial charge in [-0.25, -0.2) is 27.0 Å². The lowest BCUT2D eigenvalue weighted by Gasteiger charge is -2.16. The molecule has 0 saturated heterocycles. The van der Waals surface area contributed by atoms with Crippen LogP contribution < -0.4 is 27.9 Å². The van der Waals surface area contributed by atoms with Gasteiger partial charge in [0.05, 0.1) is 45.0 Å². The largest absolute Gasteiger partial charge is 0.391 e. The number of aromatic amines is 1. The van der Waals surface area contributed by atoms with Crippen molar-refractivity contribution in [1.82, 2.24) is 9.97 Å². The number of nitrogens with two attached hydrogens (primary N) is 5. The van der Waals surface area contributed by atoms with E-state index in [0.717, 1.165) is 6.07 Å². The van der Waals surface area contributed by atoms with Crippen LogP contribution in [0.15, 0.2) is 50.5 Å². The average molecular weight is 511 g/mol. The minimum absolute atomic E-state index is 0.111. The van der Waals surface area contributed by atoms with Gasteiger partial charge in [0.2, 0.25) is 10.0 Å². The zero-order valence-electron chi connectivity index (χ0n) is 17.7. The molecule has 1 aromatic heterocycles. The number of aliphatic hydroxyl groups is 1. The van der Waals surface area contributed by atoms with Crippen LogP contribution in [-0.2, 0) is 26.4 Å². The molecule has 0 amide bonds. The van der Waals surface area contributed by atoms with Crippen LogP contribution in [0.2, 0.25) is 0 Å². The monoisotopic (exact) mass is 510 g/mol. The molecule has 34 heavy (non-hydrogen) atoms. The lowest BCUT2D eigenvalue weighted by atomic mass is 9.97. The number of benzene rings is 2. The van der Waals surface area contributed by atoms with E-state index in [0.29, 0.717) is 22.4 Å². The molecule has 0 aliphatic rings. The Morgan fingerprint density at radius 1 is 1.15 bits per heavy atom. The van der Waals surface area contributed by atoms with E-state index in [1.807, 2.05) is 0 Å². The highest BCUT2D eigenvalue weighted by atomic mass is 32.2. The highest BCUT2D eigenvalue weighted by Gasteiger charge is 2.35. The molecule has 0 saturated carbocycles. The van der Waals surface area contributed by atoms with Gasteiger partial charge >= 0.3 is 5.84 Å². The third kappa shape index (κ3) is 4.81. The summed E-state index contributed by atoms with van der Waals surface area (Å²) >= 11 is 0. The number of aliphatic hydroxyl groups excluding tert-OH is 1. The molecule has 0 spiro atoms. The van der Waals surface area contributed by atoms with Gasteiger partial charge in [-0.2, -0.15) is 0 Å². The standard InChI is InChI=1S/C18H23N9O5S2/c19-6-9(28)8-33(29,30)13-5-4-10(15(18(21)26-27-22)17(13)34(23,31)32)11-2-1-3-12-16(11)25-14(7-20)24-12/h1-5,9,28H,6-8,19-20H2,(H,24,25)(H3,21,22,26)(H2,23,31,32)/p+1/t9-/m0/s1. The van der Waals surface area contributed by atoms with Crippen molar-refractivity contribution in [2.24, 2.45) is 32.8 Å². The number of amidine groups is 1. The van der Waals surface area contributed by atoms with E-state index in [-0.39, 0.29) is 24.2 Å². The van der Waals surface area contributed by atoms with Gasteiger partial charge in [0.15, 0.2) is 9.84 Å². The minimum Gasteiger partial charge on any atom is -0.391 e. The Labute approximate surface area is 194 Å². The number of fused-ring (bicyclic) bond motifs is 1. The van der Waals surface area contributed by atoms with Crippen LogP contribution in [0.1, 0.15) is 11.4 Å². The van der Waals surface area contributed by atoms with E-state index in [4.69, 9.17) is 27.9 Å². The molecule has 0 aliphatic heterocycles. The summed E-state index contributed by atoms with van der Waals surface area (Å²) < 4.78 is 51.4. The number of nitrogens with zero attached hydrogens (tertiary/aromatic N) is 3. The zero-order chi connectivity index (χ0) is 25.3. The third-order valence-corrected chi connectivity index (χ3v) is 7.85. The topological polar surface area (TPSA) is 272 Å². The van der Waals surface area contributed by atoms with Crippen molar-refractivity contribution in [3.8, 4) is 11.1 Å². The predicted molar refractivity (Wildman–Crippen MR) is 123 cm³/mol. The number of H-pyrrole nitrogens is 1. The minimum atomic E-state index is -4.72. The van der Waals surface area contributed by atoms with Gasteiger partial charge in [-0.15, -0.1) is 0 Å². The lowest BCUT2D eigenvalue weighted by Crippen LogP contribution is -2.41. The molecule has 12 N–H and O–H groups in total. The van der Waals surface area contributed by atoms with Gasteiger partial charge in [-0.05, 0) is 12.1 Å². The first-order valence-electron chi connectivity index (χ1n) is 9.67. The molecule has 1 atom stereocenters. The Morgan fingerprint density at radius 3 is 2.44 bits per heavy atom. The van der Waals surface area contributed by atoms with E-state index in [1.165, 1.54) is 6.07 Å². The normalized spacial score (nSPS) is 13.5. The SMILES string of the molecule is NCc1nc2c(-c3ccc(S(=O)(=O)C[C@@H](O)CN)c(S(N)(=O)=O)c3C(=[NH2+])N=NN)cccc2[nH]1. The summed E-state index contributed by atoms with van der Waals surface area (Å²) in [4.78, 5) is 5.92. The first kappa shape index (κ1) is 25.3. The van der Waals surface area contributed by atoms with Gasteiger partial charge in [0, 0.05) is 22.9 Å². The molecule has 0 bridgehead atoms. The van der Waals surface area contributed by atoms with E-state index in [9.17, 15) is 21.9 Å². The maximum atomic E-state index is 13.0. The molecule has 0 radical (unpaired) electrons. The Hall–Kier alpha value is -3.28. The highest BCUT2D eigenvalue weighted by Crippen LogP contribution is 2.36. The molecular formula is C18H24N9O5S2+. The number of hydrogen-bond donors (Lipinski definition) is 7. The fourth-order valence-corrected chi connectivity index (χ4v) is 6.55. The summed E-state index contributed by atoms with van der Waals surface area (Å²) in [6.45, 7) is -0.255. The van der Waals surface area contributed by atoms with E-state index < -0.39 is 47.3 Å². The van der Waals surface area contributed by atoms with Crippen LogP contribution in [-0.4, -0.2) is 56.1 Å². The number of imidazole rings is 1. The number of rotatable bonds is 8. The number of primary sulfonamides is 1. The van der Waals surface area contributed by atoms with Gasteiger partial charge in [-0.1, -0.05) is 18.2 Å². The maximum Gasteiger partial charge on any atom is 0.352 e. The molecule has 14 nitrogen and oxygen atoms in total. The fraction of sp³-hybridized carbons (Fsp3) is 0.222. The summed E-state index contributed by atoms with van der Waals surface area (Å²) in [7, 11) is -9.12. The average Bonchev–Trinajstić information content (AvgIpc) is 3.21. The highest BCUT2D eigenvalue weighted by molar-refractivity contribution is 7.93. The van der Waals surface area contributed by atoms with Crippen molar-refractivity contribution in [2.75, 3.05) is 12.3 Å². The van der Waals surface area contributed by atoms with Crippen LogP contribution in [0.25, 0.3) is 22.2 Å². The molecule has 16 heteroatoms. The van der Waals surface area contributed by atoms with Crippen molar-refractivity contribution in [1.29, 1.82) is 0 Å². The van der Waals surface area contributed by atoms with E-state index in [2.05, 4.69) is 20.3 Å². The maximum absolute atomic E-state index is 13.0. The summed E-state index contributed by atoms with van der Waals surface area (Å²) in [5.74, 6) is 4.22. The predicted octanol–water partition coefficient (Wildman–Crippen LogP) is -2.74. The smallest absolute Gasteiger partial charge is 0.352 e. The number of nitrogens with one attached hydrogen (secondary N) is 1. The molecule has 182 valence electrons. The summed E-state index contributed by atoms with van der Waals surface area (Å²) in [5.41, 5.74) is 12.2. The van der Waals surface area contributed by atoms with Gasteiger partial charge in [0.1, 0.15) is 10.7 Å². The molecule has 1 heterocycles. The molecule has 3 rings (SSSR count). The summed E-state index contributed by atoms with van der Waals surface area (Å²) in [6.07, 6.45) is -1.45. The molecule has 3 aromatic rings. The number of aromatic nitrogens is 2. The van der Waals surface area contributed by atoms with E-state index >= 15 is 0 Å². The van der Waals surface area contributed by atoms with Crippen molar-refractivity contribution >= 4 is 36.7 Å². The zero-order valence-corrected chi connectivity index (χ0v) is 19.3. The van der Waals surface area contributed by atoms with Gasteiger partial charge in [-0.3, -0.25) is 11.3 Å². The Morgan fingerprint density at radius 2 is 1.85 bits per heavy atom. The second-order valence-electron chi connectivity index (χ2n) is 7.22. The first-order chi connectivity index (χ1) is 15.9. The summed E-state index contributed by atoms with van der Waals surface area (Å²) in [5, 5.41) is 27.9. The van der Waals surface area contributed by atoms with Crippen LogP contribution in [0.5, 0.6) is 0 Å². The second-order valence-corrected chi connectivity index (χ2v) is 10.7. The van der Waals surface area contributed by atoms with Gasteiger partial charge in [0.25, 0.3) is 0 Å². The van der Waals surface area contributed by atoms with Gasteiger partial charge < -0.3 is 21.6 Å². The fourth-order valence-electron chi connectivity index (χ4n) is 3.49. The number of sulfone groups is 1. The molecule has 0 aliphatic carbocycles. The number of hydrogen-bond acceptors (Lipinski definition) is 9. The van der Waals surface area contributed by atoms with Crippen LogP contribution in [0.3, 0.4) is 0 Å². The van der Waals surface area contributed by atoms with Crippen LogP contribution >= 0.6 is 0 Å². The first-order valence-corrected chi connectivity index (χ1v) is 12.9. The lowest BCUT2D eigenvalue weighted by molar-refractivity contribution is -0.114. The quantitative estimate of drug-likeness (QED) is 0.0543.